The van der Waals surface area contributed by atoms with Crippen LogP contribution in [0.15, 0.2) is 22.8 Å². The number of carbonyl (C=O) groups excluding carboxylic acids is 3. The largest absolute Gasteiger partial charge is 0.467 e. The number of hydrogen-bond acceptors (Lipinski definition) is 4. The molecule has 0 atom stereocenters. The molecule has 1 fully saturated rings. The molecule has 0 aliphatic carbocycles. The zero-order chi connectivity index (χ0) is 13.1. The third kappa shape index (κ3) is 2.13. The number of rotatable bonds is 5. The highest BCUT2D eigenvalue weighted by atomic mass is 16.3. The Morgan fingerprint density at radius 3 is 2.50 bits per heavy atom. The quantitative estimate of drug-likeness (QED) is 0.584. The first-order chi connectivity index (χ1) is 8.65. The first kappa shape index (κ1) is 12.3. The molecule has 18 heavy (non-hydrogen) atoms. The van der Waals surface area contributed by atoms with Gasteiger partial charge in [0.25, 0.3) is 0 Å². The number of urea groups is 1. The zero-order valence-electron chi connectivity index (χ0n) is 10.1. The maximum atomic E-state index is 11.9. The van der Waals surface area contributed by atoms with Crippen LogP contribution in [0.4, 0.5) is 4.79 Å². The van der Waals surface area contributed by atoms with Crippen molar-refractivity contribution in [1.29, 1.82) is 0 Å². The van der Waals surface area contributed by atoms with E-state index in [1.165, 1.54) is 6.26 Å². The molecule has 0 saturated carbocycles. The summed E-state index contributed by atoms with van der Waals surface area (Å²) >= 11 is 0. The van der Waals surface area contributed by atoms with E-state index in [4.69, 9.17) is 4.42 Å². The maximum absolute atomic E-state index is 11.9. The Balaban J connectivity index is 2.10. The first-order valence-corrected chi connectivity index (χ1v) is 5.85. The Hall–Kier alpha value is -2.11. The van der Waals surface area contributed by atoms with E-state index in [0.717, 1.165) is 16.2 Å². The van der Waals surface area contributed by atoms with Gasteiger partial charge in [-0.25, -0.2) is 9.69 Å². The van der Waals surface area contributed by atoms with Crippen LogP contribution in [0.25, 0.3) is 0 Å². The molecule has 6 nitrogen and oxygen atoms in total. The summed E-state index contributed by atoms with van der Waals surface area (Å²) in [4.78, 5) is 37.2. The van der Waals surface area contributed by atoms with E-state index in [0.29, 0.717) is 12.2 Å². The molecule has 1 aromatic rings. The van der Waals surface area contributed by atoms with Crippen LogP contribution in [-0.4, -0.2) is 34.2 Å². The zero-order valence-corrected chi connectivity index (χ0v) is 10.1. The van der Waals surface area contributed by atoms with Crippen LogP contribution in [0, 0.1) is 0 Å². The Labute approximate surface area is 104 Å². The Bertz CT molecular complexity index is 466. The summed E-state index contributed by atoms with van der Waals surface area (Å²) in [7, 11) is 0. The van der Waals surface area contributed by atoms with Gasteiger partial charge in [0, 0.05) is 6.54 Å². The van der Waals surface area contributed by atoms with E-state index in [1.54, 1.807) is 12.1 Å². The van der Waals surface area contributed by atoms with E-state index in [1.807, 2.05) is 6.92 Å². The van der Waals surface area contributed by atoms with Gasteiger partial charge in [0.1, 0.15) is 5.76 Å². The molecule has 4 amide bonds. The number of nitrogens with zero attached hydrogens (tertiary/aromatic N) is 2. The van der Waals surface area contributed by atoms with Crippen molar-refractivity contribution in [2.24, 2.45) is 0 Å². The lowest BCUT2D eigenvalue weighted by molar-refractivity contribution is -0.143. The summed E-state index contributed by atoms with van der Waals surface area (Å²) in [6, 6.07) is 2.76. The minimum atomic E-state index is -0.785. The number of hydrogen-bond donors (Lipinski definition) is 0. The molecule has 0 unspecified atom stereocenters. The van der Waals surface area contributed by atoms with Gasteiger partial charge in [-0.3, -0.25) is 14.5 Å². The van der Waals surface area contributed by atoms with Crippen molar-refractivity contribution in [1.82, 2.24) is 9.80 Å². The molecule has 6 heteroatoms. The Kier molecular flexibility index (Phi) is 3.45. The summed E-state index contributed by atoms with van der Waals surface area (Å²) in [6.07, 6.45) is 3.00. The highest BCUT2D eigenvalue weighted by Gasteiger charge is 2.44. The van der Waals surface area contributed by atoms with E-state index >= 15 is 0 Å². The highest BCUT2D eigenvalue weighted by Crippen LogP contribution is 2.16. The van der Waals surface area contributed by atoms with Gasteiger partial charge >= 0.3 is 17.8 Å². The van der Waals surface area contributed by atoms with E-state index in [9.17, 15) is 14.4 Å². The Morgan fingerprint density at radius 2 is 1.89 bits per heavy atom. The lowest BCUT2D eigenvalue weighted by Gasteiger charge is -2.13. The second-order valence-corrected chi connectivity index (χ2v) is 4.06. The third-order valence-electron chi connectivity index (χ3n) is 2.76. The predicted octanol–water partition coefficient (Wildman–Crippen LogP) is 1.37. The normalized spacial score (nSPS) is 15.9. The molecule has 0 spiro atoms. The minimum absolute atomic E-state index is 0.000961. The van der Waals surface area contributed by atoms with Crippen LogP contribution in [0.2, 0.25) is 0 Å². The van der Waals surface area contributed by atoms with Gasteiger partial charge in [0.2, 0.25) is 0 Å². The lowest BCUT2D eigenvalue weighted by atomic mass is 10.3. The fraction of sp³-hybridized carbons (Fsp3) is 0.417. The van der Waals surface area contributed by atoms with Crippen molar-refractivity contribution >= 4 is 17.8 Å². The van der Waals surface area contributed by atoms with Crippen molar-refractivity contribution in [3.05, 3.63) is 24.2 Å². The van der Waals surface area contributed by atoms with Crippen molar-refractivity contribution < 1.29 is 18.8 Å². The van der Waals surface area contributed by atoms with Crippen molar-refractivity contribution in [2.75, 3.05) is 6.54 Å². The number of furan rings is 1. The molecule has 0 radical (unpaired) electrons. The molecular weight excluding hydrogens is 236 g/mol. The number of unbranched alkanes of at least 4 members (excludes halogenated alkanes) is 1. The monoisotopic (exact) mass is 250 g/mol. The average Bonchev–Trinajstić information content (AvgIpc) is 2.93. The molecule has 96 valence electrons. The number of imide groups is 2. The predicted molar refractivity (Wildman–Crippen MR) is 61.3 cm³/mol. The Morgan fingerprint density at radius 1 is 1.17 bits per heavy atom. The summed E-state index contributed by atoms with van der Waals surface area (Å²) in [5.74, 6) is -1.06. The third-order valence-corrected chi connectivity index (χ3v) is 2.76. The van der Waals surface area contributed by atoms with Gasteiger partial charge in [-0.1, -0.05) is 13.3 Å². The standard InChI is InChI=1S/C12H14N2O4/c1-2-3-6-13-10(15)11(16)14(12(13)17)8-9-5-4-7-18-9/h4-5,7H,2-3,6,8H2,1H3. The van der Waals surface area contributed by atoms with E-state index < -0.39 is 17.8 Å². The molecule has 1 aliphatic rings. The molecule has 0 bridgehead atoms. The fourth-order valence-electron chi connectivity index (χ4n) is 1.76. The minimum Gasteiger partial charge on any atom is -0.467 e. The van der Waals surface area contributed by atoms with Gasteiger partial charge in [-0.05, 0) is 18.6 Å². The summed E-state index contributed by atoms with van der Waals surface area (Å²) < 4.78 is 5.07. The summed E-state index contributed by atoms with van der Waals surface area (Å²) in [6.45, 7) is 2.24. The topological polar surface area (TPSA) is 70.8 Å². The molecule has 2 rings (SSSR count). The van der Waals surface area contributed by atoms with Gasteiger partial charge in [0.15, 0.2) is 0 Å². The first-order valence-electron chi connectivity index (χ1n) is 5.85. The van der Waals surface area contributed by atoms with Crippen LogP contribution < -0.4 is 0 Å². The van der Waals surface area contributed by atoms with Gasteiger partial charge in [0.05, 0.1) is 12.8 Å². The maximum Gasteiger partial charge on any atom is 0.334 e. The van der Waals surface area contributed by atoms with Crippen LogP contribution >= 0.6 is 0 Å². The van der Waals surface area contributed by atoms with Crippen LogP contribution in [0.5, 0.6) is 0 Å². The molecule has 0 aromatic carbocycles. The smallest absolute Gasteiger partial charge is 0.334 e. The van der Waals surface area contributed by atoms with Gasteiger partial charge in [-0.2, -0.15) is 0 Å². The van der Waals surface area contributed by atoms with Crippen LogP contribution in [0.3, 0.4) is 0 Å². The van der Waals surface area contributed by atoms with Crippen molar-refractivity contribution in [3.8, 4) is 0 Å². The molecule has 1 saturated heterocycles. The van der Waals surface area contributed by atoms with Crippen LogP contribution in [0.1, 0.15) is 25.5 Å². The second kappa shape index (κ2) is 5.03. The van der Waals surface area contributed by atoms with Crippen molar-refractivity contribution in [3.63, 3.8) is 0 Å². The molecular formula is C12H14N2O4. The SMILES string of the molecule is CCCCN1C(=O)C(=O)N(Cc2ccco2)C1=O. The fourth-order valence-corrected chi connectivity index (χ4v) is 1.76. The number of amides is 4. The molecule has 1 aromatic heterocycles. The van der Waals surface area contributed by atoms with Crippen molar-refractivity contribution in [2.45, 2.75) is 26.3 Å². The highest BCUT2D eigenvalue weighted by molar-refractivity contribution is 6.44. The second-order valence-electron chi connectivity index (χ2n) is 4.06. The average molecular weight is 250 g/mol. The molecule has 2 heterocycles. The van der Waals surface area contributed by atoms with E-state index in [2.05, 4.69) is 0 Å². The molecule has 0 N–H and O–H groups in total. The van der Waals surface area contributed by atoms with Gasteiger partial charge < -0.3 is 4.42 Å². The van der Waals surface area contributed by atoms with Gasteiger partial charge in [-0.15, -0.1) is 0 Å². The summed E-state index contributed by atoms with van der Waals surface area (Å²) in [5, 5.41) is 0. The summed E-state index contributed by atoms with van der Waals surface area (Å²) in [5.41, 5.74) is 0. The lowest BCUT2D eigenvalue weighted by Crippen LogP contribution is -2.33. The molecule has 1 aliphatic heterocycles. The van der Waals surface area contributed by atoms with E-state index in [-0.39, 0.29) is 13.1 Å². The van der Waals surface area contributed by atoms with Crippen LogP contribution in [-0.2, 0) is 16.1 Å². The number of carbonyl (C=O) groups is 3.